The second-order valence-corrected chi connectivity index (χ2v) is 7.58. The van der Waals surface area contributed by atoms with Crippen molar-refractivity contribution in [2.45, 2.75) is 19.4 Å². The van der Waals surface area contributed by atoms with Crippen molar-refractivity contribution in [2.75, 3.05) is 7.05 Å². The fourth-order valence-electron chi connectivity index (χ4n) is 3.18. The smallest absolute Gasteiger partial charge is 0.227 e. The highest BCUT2D eigenvalue weighted by Crippen LogP contribution is 2.29. The van der Waals surface area contributed by atoms with Crippen molar-refractivity contribution in [1.29, 1.82) is 0 Å². The van der Waals surface area contributed by atoms with Gasteiger partial charge < -0.3 is 4.90 Å². The van der Waals surface area contributed by atoms with Crippen LogP contribution < -0.4 is 0 Å². The van der Waals surface area contributed by atoms with Crippen molar-refractivity contribution < 1.29 is 4.79 Å². The highest BCUT2D eigenvalue weighted by molar-refractivity contribution is 7.18. The molecule has 1 amide bonds. The number of thiazole rings is 1. The molecule has 0 unspecified atom stereocenters. The zero-order chi connectivity index (χ0) is 18.1. The predicted molar refractivity (Wildman–Crippen MR) is 108 cm³/mol. The number of hydrogen-bond acceptors (Lipinski definition) is 3. The van der Waals surface area contributed by atoms with E-state index in [4.69, 9.17) is 4.98 Å². The molecule has 0 bridgehead atoms. The first-order valence-corrected chi connectivity index (χ1v) is 9.53. The van der Waals surface area contributed by atoms with Crippen molar-refractivity contribution in [3.05, 3.63) is 77.3 Å². The van der Waals surface area contributed by atoms with Gasteiger partial charge in [-0.25, -0.2) is 4.98 Å². The second-order valence-electron chi connectivity index (χ2n) is 6.52. The SMILES string of the molecule is C[C@H](c1nc2ccccc2s1)N(C)C(=O)Cc1cccc2ccccc12. The van der Waals surface area contributed by atoms with Crippen LogP contribution >= 0.6 is 11.3 Å². The standard InChI is InChI=1S/C22H20N2OS/c1-15(22-23-19-12-5-6-13-20(19)26-22)24(2)21(25)14-17-10-7-9-16-8-3-4-11-18(16)17/h3-13,15H,14H2,1-2H3/t15-/m1/s1. The van der Waals surface area contributed by atoms with Crippen LogP contribution in [-0.4, -0.2) is 22.8 Å². The third-order valence-electron chi connectivity index (χ3n) is 4.86. The van der Waals surface area contributed by atoms with E-state index in [1.165, 1.54) is 5.39 Å². The third-order valence-corrected chi connectivity index (χ3v) is 6.07. The molecule has 0 aliphatic heterocycles. The topological polar surface area (TPSA) is 33.2 Å². The fraction of sp³-hybridized carbons (Fsp3) is 0.182. The molecule has 0 radical (unpaired) electrons. The number of carbonyl (C=O) groups excluding carboxylic acids is 1. The summed E-state index contributed by atoms with van der Waals surface area (Å²) in [4.78, 5) is 19.4. The molecule has 0 N–H and O–H groups in total. The molecule has 130 valence electrons. The lowest BCUT2D eigenvalue weighted by atomic mass is 10.0. The normalized spacial score (nSPS) is 12.4. The summed E-state index contributed by atoms with van der Waals surface area (Å²) in [6.45, 7) is 2.04. The summed E-state index contributed by atoms with van der Waals surface area (Å²) in [5.41, 5.74) is 2.06. The lowest BCUT2D eigenvalue weighted by molar-refractivity contribution is -0.131. The Labute approximate surface area is 156 Å². The summed E-state index contributed by atoms with van der Waals surface area (Å²) in [6.07, 6.45) is 0.396. The van der Waals surface area contributed by atoms with E-state index in [9.17, 15) is 4.79 Å². The number of likely N-dealkylation sites (N-methyl/N-ethyl adjacent to an activating group) is 1. The minimum atomic E-state index is -0.0464. The van der Waals surface area contributed by atoms with Crippen LogP contribution in [0.25, 0.3) is 21.0 Å². The second kappa shape index (κ2) is 6.89. The van der Waals surface area contributed by atoms with Crippen molar-refractivity contribution in [3.8, 4) is 0 Å². The predicted octanol–water partition coefficient (Wildman–Crippen LogP) is 5.21. The number of amides is 1. The maximum atomic E-state index is 12.9. The van der Waals surface area contributed by atoms with Crippen LogP contribution in [-0.2, 0) is 11.2 Å². The Hall–Kier alpha value is -2.72. The molecule has 0 saturated carbocycles. The highest BCUT2D eigenvalue weighted by atomic mass is 32.1. The van der Waals surface area contributed by atoms with Gasteiger partial charge in [0.15, 0.2) is 0 Å². The van der Waals surface area contributed by atoms with Gasteiger partial charge in [-0.05, 0) is 35.4 Å². The summed E-state index contributed by atoms with van der Waals surface area (Å²) < 4.78 is 1.16. The van der Waals surface area contributed by atoms with E-state index < -0.39 is 0 Å². The van der Waals surface area contributed by atoms with Gasteiger partial charge in [0.05, 0.1) is 22.7 Å². The molecule has 1 aromatic heterocycles. The van der Waals surface area contributed by atoms with Crippen LogP contribution in [0.15, 0.2) is 66.7 Å². The molecule has 0 saturated heterocycles. The molecule has 26 heavy (non-hydrogen) atoms. The maximum Gasteiger partial charge on any atom is 0.227 e. The zero-order valence-corrected chi connectivity index (χ0v) is 15.7. The lowest BCUT2D eigenvalue weighted by Gasteiger charge is -2.23. The Bertz CT molecular complexity index is 1050. The van der Waals surface area contributed by atoms with Crippen LogP contribution in [0.5, 0.6) is 0 Å². The number of fused-ring (bicyclic) bond motifs is 2. The van der Waals surface area contributed by atoms with Gasteiger partial charge >= 0.3 is 0 Å². The minimum absolute atomic E-state index is 0.0464. The molecular formula is C22H20N2OS. The van der Waals surface area contributed by atoms with Gasteiger partial charge in [0, 0.05) is 7.05 Å². The molecule has 1 atom stereocenters. The number of para-hydroxylation sites is 1. The Kier molecular flexibility index (Phi) is 4.43. The number of nitrogens with zero attached hydrogens (tertiary/aromatic N) is 2. The van der Waals surface area contributed by atoms with E-state index in [1.54, 1.807) is 16.2 Å². The van der Waals surface area contributed by atoms with Crippen molar-refractivity contribution in [3.63, 3.8) is 0 Å². The average Bonchev–Trinajstić information content (AvgIpc) is 3.11. The molecule has 0 spiro atoms. The molecular weight excluding hydrogens is 340 g/mol. The first kappa shape index (κ1) is 16.7. The number of benzene rings is 3. The minimum Gasteiger partial charge on any atom is -0.336 e. The van der Waals surface area contributed by atoms with Gasteiger partial charge in [-0.1, -0.05) is 54.6 Å². The monoisotopic (exact) mass is 360 g/mol. The highest BCUT2D eigenvalue weighted by Gasteiger charge is 2.21. The van der Waals surface area contributed by atoms with Gasteiger partial charge in [-0.2, -0.15) is 0 Å². The number of carbonyl (C=O) groups is 1. The molecule has 3 nitrogen and oxygen atoms in total. The summed E-state index contributed by atoms with van der Waals surface area (Å²) >= 11 is 1.65. The van der Waals surface area contributed by atoms with Crippen LogP contribution in [0.4, 0.5) is 0 Å². The molecule has 0 aliphatic rings. The van der Waals surface area contributed by atoms with Crippen LogP contribution in [0.1, 0.15) is 23.5 Å². The first-order valence-electron chi connectivity index (χ1n) is 8.71. The quantitative estimate of drug-likeness (QED) is 0.500. The third kappa shape index (κ3) is 3.08. The van der Waals surface area contributed by atoms with Crippen molar-refractivity contribution in [2.24, 2.45) is 0 Å². The van der Waals surface area contributed by atoms with Gasteiger partial charge in [-0.15, -0.1) is 11.3 Å². The molecule has 4 aromatic rings. The average molecular weight is 360 g/mol. The number of rotatable bonds is 4. The molecule has 1 heterocycles. The summed E-state index contributed by atoms with van der Waals surface area (Å²) in [5.74, 6) is 0.105. The van der Waals surface area contributed by atoms with Crippen LogP contribution in [0.2, 0.25) is 0 Å². The molecule has 0 fully saturated rings. The largest absolute Gasteiger partial charge is 0.336 e. The molecule has 4 rings (SSSR count). The van der Waals surface area contributed by atoms with Crippen LogP contribution in [0, 0.1) is 0 Å². The van der Waals surface area contributed by atoms with Gasteiger partial charge in [0.2, 0.25) is 5.91 Å². The summed E-state index contributed by atoms with van der Waals surface area (Å²) in [7, 11) is 1.87. The van der Waals surface area contributed by atoms with E-state index in [2.05, 4.69) is 24.3 Å². The Morgan fingerprint density at radius 1 is 1.04 bits per heavy atom. The Morgan fingerprint density at radius 2 is 1.77 bits per heavy atom. The van der Waals surface area contributed by atoms with E-state index in [0.717, 1.165) is 26.2 Å². The first-order chi connectivity index (χ1) is 12.6. The Morgan fingerprint density at radius 3 is 2.62 bits per heavy atom. The maximum absolute atomic E-state index is 12.9. The van der Waals surface area contributed by atoms with Crippen LogP contribution in [0.3, 0.4) is 0 Å². The van der Waals surface area contributed by atoms with Crippen molar-refractivity contribution in [1.82, 2.24) is 9.88 Å². The zero-order valence-electron chi connectivity index (χ0n) is 14.8. The summed E-state index contributed by atoms with van der Waals surface area (Å²) in [5, 5.41) is 3.28. The van der Waals surface area contributed by atoms with Crippen molar-refractivity contribution >= 4 is 38.2 Å². The molecule has 0 aliphatic carbocycles. The fourth-order valence-corrected chi connectivity index (χ4v) is 4.25. The van der Waals surface area contributed by atoms with E-state index in [-0.39, 0.29) is 11.9 Å². The van der Waals surface area contributed by atoms with Gasteiger partial charge in [-0.3, -0.25) is 4.79 Å². The summed E-state index contributed by atoms with van der Waals surface area (Å²) in [6, 6.07) is 22.4. The van der Waals surface area contributed by atoms with E-state index in [1.807, 2.05) is 56.4 Å². The molecule has 4 heteroatoms. The van der Waals surface area contributed by atoms with E-state index in [0.29, 0.717) is 6.42 Å². The Balaban J connectivity index is 1.57. The van der Waals surface area contributed by atoms with Gasteiger partial charge in [0.1, 0.15) is 5.01 Å². The lowest BCUT2D eigenvalue weighted by Crippen LogP contribution is -2.30. The number of aromatic nitrogens is 1. The number of hydrogen-bond donors (Lipinski definition) is 0. The van der Waals surface area contributed by atoms with Gasteiger partial charge in [0.25, 0.3) is 0 Å². The van der Waals surface area contributed by atoms with E-state index >= 15 is 0 Å². The molecule has 3 aromatic carbocycles.